The van der Waals surface area contributed by atoms with Crippen molar-refractivity contribution < 1.29 is 0 Å². The van der Waals surface area contributed by atoms with Crippen molar-refractivity contribution in [3.8, 4) is 0 Å². The number of nitrogens with zero attached hydrogens (tertiary/aromatic N) is 2. The highest BCUT2D eigenvalue weighted by Gasteiger charge is 2.12. The molecule has 0 atom stereocenters. The van der Waals surface area contributed by atoms with Crippen molar-refractivity contribution in [2.45, 2.75) is 26.7 Å². The highest BCUT2D eigenvalue weighted by atomic mass is 15.1. The van der Waals surface area contributed by atoms with Gasteiger partial charge >= 0.3 is 0 Å². The van der Waals surface area contributed by atoms with E-state index in [4.69, 9.17) is 0 Å². The summed E-state index contributed by atoms with van der Waals surface area (Å²) in [6.07, 6.45) is 4.52. The molecule has 0 saturated carbocycles. The van der Waals surface area contributed by atoms with E-state index in [1.165, 1.54) is 11.3 Å². The van der Waals surface area contributed by atoms with Gasteiger partial charge in [-0.05, 0) is 25.1 Å². The van der Waals surface area contributed by atoms with Crippen LogP contribution in [-0.2, 0) is 0 Å². The molecule has 68 valence electrons. The van der Waals surface area contributed by atoms with Crippen molar-refractivity contribution in [2.75, 3.05) is 20.1 Å². The molecule has 1 aliphatic heterocycles. The molecule has 1 heterocycles. The Hall–Kier alpha value is -0.790. The molecule has 0 amide bonds. The summed E-state index contributed by atoms with van der Waals surface area (Å²) in [5.41, 5.74) is 2.82. The van der Waals surface area contributed by atoms with Crippen LogP contribution in [0.5, 0.6) is 0 Å². The number of hydrogen-bond acceptors (Lipinski definition) is 2. The number of allylic oxidation sites excluding steroid dienone is 1. The van der Waals surface area contributed by atoms with Crippen LogP contribution in [-0.4, -0.2) is 30.7 Å². The lowest BCUT2D eigenvalue weighted by Crippen LogP contribution is -2.29. The van der Waals surface area contributed by atoms with Crippen LogP contribution >= 0.6 is 0 Å². The maximum atomic E-state index is 4.28. The molecule has 0 aromatic carbocycles. The zero-order valence-electron chi connectivity index (χ0n) is 8.30. The molecule has 0 fully saturated rings. The van der Waals surface area contributed by atoms with E-state index in [0.29, 0.717) is 0 Å². The summed E-state index contributed by atoms with van der Waals surface area (Å²) in [7, 11) is 1.89. The Morgan fingerprint density at radius 2 is 2.25 bits per heavy atom. The van der Waals surface area contributed by atoms with Crippen LogP contribution in [0.25, 0.3) is 0 Å². The van der Waals surface area contributed by atoms with Gasteiger partial charge in [0.1, 0.15) is 0 Å². The molecule has 0 aromatic heterocycles. The second-order valence-corrected chi connectivity index (χ2v) is 3.17. The van der Waals surface area contributed by atoms with E-state index in [2.05, 4.69) is 29.9 Å². The first-order valence-electron chi connectivity index (χ1n) is 4.68. The van der Waals surface area contributed by atoms with Crippen molar-refractivity contribution >= 4 is 5.71 Å². The third-order valence-corrected chi connectivity index (χ3v) is 2.36. The lowest BCUT2D eigenvalue weighted by molar-refractivity contribution is 0.435. The Morgan fingerprint density at radius 3 is 2.75 bits per heavy atom. The van der Waals surface area contributed by atoms with Gasteiger partial charge < -0.3 is 4.90 Å². The minimum Gasteiger partial charge on any atom is -0.372 e. The summed E-state index contributed by atoms with van der Waals surface area (Å²) in [5.74, 6) is 0. The first-order chi connectivity index (χ1) is 5.80. The molecule has 0 spiro atoms. The number of hydrogen-bond donors (Lipinski definition) is 0. The van der Waals surface area contributed by atoms with Crippen LogP contribution < -0.4 is 0 Å². The highest BCUT2D eigenvalue weighted by Crippen LogP contribution is 2.15. The molecule has 0 N–H and O–H groups in total. The molecular weight excluding hydrogens is 148 g/mol. The average molecular weight is 166 g/mol. The van der Waals surface area contributed by atoms with Gasteiger partial charge in [-0.15, -0.1) is 0 Å². The van der Waals surface area contributed by atoms with Gasteiger partial charge in [-0.2, -0.15) is 0 Å². The SMILES string of the molecule is CCC1=CN(CC)CC(=NC)C1. The van der Waals surface area contributed by atoms with Crippen molar-refractivity contribution in [3.05, 3.63) is 11.8 Å². The quantitative estimate of drug-likeness (QED) is 0.613. The molecule has 0 aromatic rings. The van der Waals surface area contributed by atoms with Crippen LogP contribution in [0.4, 0.5) is 0 Å². The maximum Gasteiger partial charge on any atom is 0.0555 e. The van der Waals surface area contributed by atoms with Gasteiger partial charge in [-0.25, -0.2) is 0 Å². The second-order valence-electron chi connectivity index (χ2n) is 3.17. The fourth-order valence-corrected chi connectivity index (χ4v) is 1.47. The molecule has 12 heavy (non-hydrogen) atoms. The van der Waals surface area contributed by atoms with E-state index >= 15 is 0 Å². The van der Waals surface area contributed by atoms with Gasteiger partial charge in [0.05, 0.1) is 6.54 Å². The third kappa shape index (κ3) is 2.10. The van der Waals surface area contributed by atoms with Gasteiger partial charge in [0.15, 0.2) is 0 Å². The topological polar surface area (TPSA) is 15.6 Å². The third-order valence-electron chi connectivity index (χ3n) is 2.36. The van der Waals surface area contributed by atoms with Crippen molar-refractivity contribution in [2.24, 2.45) is 4.99 Å². The monoisotopic (exact) mass is 166 g/mol. The average Bonchev–Trinajstić information content (AvgIpc) is 2.16. The van der Waals surface area contributed by atoms with Gasteiger partial charge in [0.2, 0.25) is 0 Å². The Morgan fingerprint density at radius 1 is 1.50 bits per heavy atom. The summed E-state index contributed by atoms with van der Waals surface area (Å²) in [4.78, 5) is 6.60. The molecule has 1 rings (SSSR count). The lowest BCUT2D eigenvalue weighted by atomic mass is 10.0. The predicted molar refractivity (Wildman–Crippen MR) is 53.6 cm³/mol. The summed E-state index contributed by atoms with van der Waals surface area (Å²) >= 11 is 0. The predicted octanol–water partition coefficient (Wildman–Crippen LogP) is 2.08. The van der Waals surface area contributed by atoms with Crippen LogP contribution in [0.3, 0.4) is 0 Å². The van der Waals surface area contributed by atoms with Crippen LogP contribution in [0, 0.1) is 0 Å². The van der Waals surface area contributed by atoms with Crippen molar-refractivity contribution in [3.63, 3.8) is 0 Å². The second kappa shape index (κ2) is 4.29. The molecule has 0 radical (unpaired) electrons. The fraction of sp³-hybridized carbons (Fsp3) is 0.700. The normalized spacial score (nSPS) is 21.4. The fourth-order valence-electron chi connectivity index (χ4n) is 1.47. The molecule has 0 bridgehead atoms. The summed E-state index contributed by atoms with van der Waals surface area (Å²) in [6, 6.07) is 0. The molecule has 0 unspecified atom stereocenters. The largest absolute Gasteiger partial charge is 0.372 e. The minimum absolute atomic E-state index is 1.02. The van der Waals surface area contributed by atoms with E-state index < -0.39 is 0 Å². The summed E-state index contributed by atoms with van der Waals surface area (Å²) in [6.45, 7) is 6.50. The van der Waals surface area contributed by atoms with Gasteiger partial charge in [-0.3, -0.25) is 4.99 Å². The Bertz CT molecular complexity index is 204. The van der Waals surface area contributed by atoms with E-state index in [-0.39, 0.29) is 0 Å². The Balaban J connectivity index is 2.70. The van der Waals surface area contributed by atoms with Crippen molar-refractivity contribution in [1.82, 2.24) is 4.90 Å². The lowest BCUT2D eigenvalue weighted by Gasteiger charge is -2.26. The first-order valence-corrected chi connectivity index (χ1v) is 4.68. The zero-order chi connectivity index (χ0) is 8.97. The van der Waals surface area contributed by atoms with E-state index in [1.807, 2.05) is 7.05 Å². The minimum atomic E-state index is 1.02. The maximum absolute atomic E-state index is 4.28. The number of aliphatic imine (C=N–C) groups is 1. The van der Waals surface area contributed by atoms with Crippen LogP contribution in [0.1, 0.15) is 26.7 Å². The molecule has 1 aliphatic rings. The molecule has 0 saturated heterocycles. The van der Waals surface area contributed by atoms with E-state index in [0.717, 1.165) is 25.9 Å². The molecule has 0 aliphatic carbocycles. The smallest absolute Gasteiger partial charge is 0.0555 e. The van der Waals surface area contributed by atoms with Crippen LogP contribution in [0.15, 0.2) is 16.8 Å². The van der Waals surface area contributed by atoms with Crippen molar-refractivity contribution in [1.29, 1.82) is 0 Å². The molecular formula is C10H18N2. The molecule has 2 nitrogen and oxygen atoms in total. The number of rotatable bonds is 2. The zero-order valence-corrected chi connectivity index (χ0v) is 8.30. The molecule has 2 heteroatoms. The van der Waals surface area contributed by atoms with Gasteiger partial charge in [0.25, 0.3) is 0 Å². The standard InChI is InChI=1S/C10H18N2/c1-4-9-6-10(11-3)8-12(5-2)7-9/h7H,4-6,8H2,1-3H3. The first kappa shape index (κ1) is 9.30. The Kier molecular flexibility index (Phi) is 3.32. The van der Waals surface area contributed by atoms with Crippen LogP contribution in [0.2, 0.25) is 0 Å². The Labute approximate surface area is 75.0 Å². The van der Waals surface area contributed by atoms with E-state index in [9.17, 15) is 0 Å². The van der Waals surface area contributed by atoms with Gasteiger partial charge in [0, 0.05) is 25.7 Å². The van der Waals surface area contributed by atoms with Gasteiger partial charge in [-0.1, -0.05) is 6.92 Å². The highest BCUT2D eigenvalue weighted by molar-refractivity contribution is 5.89. The van der Waals surface area contributed by atoms with E-state index in [1.54, 1.807) is 0 Å². The summed E-state index contributed by atoms with van der Waals surface area (Å²) < 4.78 is 0. The summed E-state index contributed by atoms with van der Waals surface area (Å²) in [5, 5.41) is 0.